The van der Waals surface area contributed by atoms with E-state index in [2.05, 4.69) is 12.2 Å². The zero-order valence-corrected chi connectivity index (χ0v) is 14.0. The fraction of sp³-hybridized carbons (Fsp3) is 0.632. The van der Waals surface area contributed by atoms with Gasteiger partial charge in [-0.25, -0.2) is 4.39 Å². The average Bonchev–Trinajstić information content (AvgIpc) is 2.89. The smallest absolute Gasteiger partial charge is 0.249 e. The van der Waals surface area contributed by atoms with Crippen LogP contribution in [-0.2, 0) is 16.0 Å². The molecule has 3 rings (SSSR count). The molecular weight excluding hydrogens is 293 g/mol. The molecular formula is C19H26FNO2. The van der Waals surface area contributed by atoms with E-state index in [9.17, 15) is 9.18 Å². The van der Waals surface area contributed by atoms with Gasteiger partial charge in [0.2, 0.25) is 5.91 Å². The SMILES string of the molecule is CC1CCCC(OC(C)C(=O)NC2CCc3ccc(F)cc32)C1. The van der Waals surface area contributed by atoms with Crippen molar-refractivity contribution in [3.63, 3.8) is 0 Å². The minimum atomic E-state index is -0.456. The van der Waals surface area contributed by atoms with Crippen LogP contribution in [0.5, 0.6) is 0 Å². The number of amides is 1. The Morgan fingerprint density at radius 1 is 1.35 bits per heavy atom. The van der Waals surface area contributed by atoms with Gasteiger partial charge in [-0.2, -0.15) is 0 Å². The lowest BCUT2D eigenvalue weighted by Gasteiger charge is -2.29. The number of halogens is 1. The number of hydrogen-bond acceptors (Lipinski definition) is 2. The molecule has 0 bridgehead atoms. The van der Waals surface area contributed by atoms with Crippen LogP contribution in [0, 0.1) is 11.7 Å². The largest absolute Gasteiger partial charge is 0.365 e. The van der Waals surface area contributed by atoms with E-state index in [1.54, 1.807) is 6.07 Å². The summed E-state index contributed by atoms with van der Waals surface area (Å²) in [6.45, 7) is 4.06. The summed E-state index contributed by atoms with van der Waals surface area (Å²) in [4.78, 5) is 12.4. The third-order valence-electron chi connectivity index (χ3n) is 5.16. The van der Waals surface area contributed by atoms with Gasteiger partial charge in [0, 0.05) is 0 Å². The average molecular weight is 319 g/mol. The summed E-state index contributed by atoms with van der Waals surface area (Å²) < 4.78 is 19.4. The normalized spacial score (nSPS) is 28.2. The molecule has 4 atom stereocenters. The van der Waals surface area contributed by atoms with Gasteiger partial charge >= 0.3 is 0 Å². The number of rotatable bonds is 4. The van der Waals surface area contributed by atoms with Gasteiger partial charge in [-0.3, -0.25) is 4.79 Å². The highest BCUT2D eigenvalue weighted by molar-refractivity contribution is 5.81. The fourth-order valence-electron chi connectivity index (χ4n) is 3.86. The Hall–Kier alpha value is -1.42. The first-order valence-electron chi connectivity index (χ1n) is 8.77. The maximum atomic E-state index is 13.4. The summed E-state index contributed by atoms with van der Waals surface area (Å²) in [5.41, 5.74) is 2.04. The van der Waals surface area contributed by atoms with E-state index in [4.69, 9.17) is 4.74 Å². The molecule has 23 heavy (non-hydrogen) atoms. The van der Waals surface area contributed by atoms with E-state index in [-0.39, 0.29) is 23.9 Å². The highest BCUT2D eigenvalue weighted by Crippen LogP contribution is 2.32. The lowest BCUT2D eigenvalue weighted by atomic mass is 9.88. The second-order valence-corrected chi connectivity index (χ2v) is 7.12. The topological polar surface area (TPSA) is 38.3 Å². The third kappa shape index (κ3) is 3.92. The van der Waals surface area contributed by atoms with Crippen LogP contribution in [-0.4, -0.2) is 18.1 Å². The third-order valence-corrected chi connectivity index (χ3v) is 5.16. The maximum absolute atomic E-state index is 13.4. The molecule has 1 aromatic carbocycles. The molecule has 4 heteroatoms. The molecule has 1 saturated carbocycles. The van der Waals surface area contributed by atoms with Crippen molar-refractivity contribution in [3.05, 3.63) is 35.1 Å². The molecule has 1 aromatic rings. The number of carbonyl (C=O) groups excluding carboxylic acids is 1. The predicted molar refractivity (Wildman–Crippen MR) is 87.6 cm³/mol. The van der Waals surface area contributed by atoms with E-state index in [1.807, 2.05) is 13.0 Å². The highest BCUT2D eigenvalue weighted by atomic mass is 19.1. The van der Waals surface area contributed by atoms with Crippen LogP contribution in [0.4, 0.5) is 4.39 Å². The molecule has 0 aliphatic heterocycles. The van der Waals surface area contributed by atoms with E-state index < -0.39 is 6.10 Å². The van der Waals surface area contributed by atoms with Crippen LogP contribution in [0.2, 0.25) is 0 Å². The van der Waals surface area contributed by atoms with Gasteiger partial charge in [0.15, 0.2) is 0 Å². The van der Waals surface area contributed by atoms with Crippen molar-refractivity contribution in [1.82, 2.24) is 5.32 Å². The van der Waals surface area contributed by atoms with Gasteiger partial charge in [0.25, 0.3) is 0 Å². The lowest BCUT2D eigenvalue weighted by Crippen LogP contribution is -2.39. The molecule has 1 amide bonds. The van der Waals surface area contributed by atoms with Gasteiger partial charge in [0.1, 0.15) is 11.9 Å². The molecule has 1 fully saturated rings. The Balaban J connectivity index is 1.56. The first-order chi connectivity index (χ1) is 11.0. The summed E-state index contributed by atoms with van der Waals surface area (Å²) in [7, 11) is 0. The Morgan fingerprint density at radius 3 is 2.96 bits per heavy atom. The molecule has 4 unspecified atom stereocenters. The van der Waals surface area contributed by atoms with Crippen molar-refractivity contribution < 1.29 is 13.9 Å². The van der Waals surface area contributed by atoms with Crippen LogP contribution in [0.15, 0.2) is 18.2 Å². The van der Waals surface area contributed by atoms with Crippen LogP contribution in [0.25, 0.3) is 0 Å². The van der Waals surface area contributed by atoms with E-state index in [0.717, 1.165) is 36.8 Å². The van der Waals surface area contributed by atoms with E-state index >= 15 is 0 Å². The van der Waals surface area contributed by atoms with Gasteiger partial charge < -0.3 is 10.1 Å². The second kappa shape index (κ2) is 7.00. The first kappa shape index (κ1) is 16.4. The van der Waals surface area contributed by atoms with Gasteiger partial charge in [-0.15, -0.1) is 0 Å². The molecule has 0 heterocycles. The van der Waals surface area contributed by atoms with E-state index in [0.29, 0.717) is 5.92 Å². The minimum absolute atomic E-state index is 0.0923. The summed E-state index contributed by atoms with van der Waals surface area (Å²) in [5, 5.41) is 3.03. The molecule has 126 valence electrons. The minimum Gasteiger partial charge on any atom is -0.365 e. The molecule has 0 radical (unpaired) electrons. The number of nitrogens with one attached hydrogen (secondary N) is 1. The standard InChI is InChI=1S/C19H26FNO2/c1-12-4-3-5-16(10-12)23-13(2)19(22)21-18-9-7-14-6-8-15(20)11-17(14)18/h6,8,11-13,16,18H,3-5,7,9-10H2,1-2H3,(H,21,22). The maximum Gasteiger partial charge on any atom is 0.249 e. The highest BCUT2D eigenvalue weighted by Gasteiger charge is 2.28. The summed E-state index contributed by atoms with van der Waals surface area (Å²) in [6, 6.07) is 4.75. The number of benzene rings is 1. The Bertz CT molecular complexity index is 574. The van der Waals surface area contributed by atoms with Crippen molar-refractivity contribution in [2.45, 2.75) is 70.6 Å². The molecule has 0 aromatic heterocycles. The van der Waals surface area contributed by atoms with Crippen molar-refractivity contribution >= 4 is 5.91 Å². The molecule has 0 spiro atoms. The summed E-state index contributed by atoms with van der Waals surface area (Å²) in [6.07, 6.45) is 5.96. The molecule has 3 nitrogen and oxygen atoms in total. The zero-order chi connectivity index (χ0) is 16.4. The van der Waals surface area contributed by atoms with Crippen molar-refractivity contribution in [1.29, 1.82) is 0 Å². The summed E-state index contributed by atoms with van der Waals surface area (Å²) >= 11 is 0. The molecule has 2 aliphatic rings. The number of hydrogen-bond donors (Lipinski definition) is 1. The Morgan fingerprint density at radius 2 is 2.17 bits per heavy atom. The van der Waals surface area contributed by atoms with Crippen molar-refractivity contribution in [2.75, 3.05) is 0 Å². The van der Waals surface area contributed by atoms with Crippen molar-refractivity contribution in [2.24, 2.45) is 5.92 Å². The fourth-order valence-corrected chi connectivity index (χ4v) is 3.86. The molecule has 0 saturated heterocycles. The van der Waals surface area contributed by atoms with Crippen LogP contribution in [0.3, 0.4) is 0 Å². The van der Waals surface area contributed by atoms with Crippen LogP contribution >= 0.6 is 0 Å². The first-order valence-corrected chi connectivity index (χ1v) is 8.77. The number of carbonyl (C=O) groups is 1. The number of ether oxygens (including phenoxy) is 1. The quantitative estimate of drug-likeness (QED) is 0.913. The van der Waals surface area contributed by atoms with Crippen LogP contribution < -0.4 is 5.32 Å². The van der Waals surface area contributed by atoms with E-state index in [1.165, 1.54) is 18.9 Å². The molecule has 1 N–H and O–H groups in total. The van der Waals surface area contributed by atoms with Crippen LogP contribution in [0.1, 0.15) is 63.1 Å². The monoisotopic (exact) mass is 319 g/mol. The van der Waals surface area contributed by atoms with Gasteiger partial charge in [0.05, 0.1) is 12.1 Å². The summed E-state index contributed by atoms with van der Waals surface area (Å²) in [5.74, 6) is 0.337. The Kier molecular flexibility index (Phi) is 5.00. The van der Waals surface area contributed by atoms with Gasteiger partial charge in [-0.1, -0.05) is 25.8 Å². The second-order valence-electron chi connectivity index (χ2n) is 7.12. The predicted octanol–water partition coefficient (Wildman–Crippen LogP) is 3.91. The zero-order valence-electron chi connectivity index (χ0n) is 14.0. The molecule has 2 aliphatic carbocycles. The van der Waals surface area contributed by atoms with Gasteiger partial charge in [-0.05, 0) is 61.8 Å². The lowest BCUT2D eigenvalue weighted by molar-refractivity contribution is -0.137. The van der Waals surface area contributed by atoms with Crippen molar-refractivity contribution in [3.8, 4) is 0 Å². The number of aryl methyl sites for hydroxylation is 1. The Labute approximate surface area is 137 Å². The number of fused-ring (bicyclic) bond motifs is 1.